The van der Waals surface area contributed by atoms with Gasteiger partial charge in [0.1, 0.15) is 0 Å². The summed E-state index contributed by atoms with van der Waals surface area (Å²) in [5.74, 6) is -1.39. The standard InChI is InChI=1S/C24H27ClN4O3/c1-5-29-16(3)20(15(2)27-29)12-13-28(4)22-11-10-19(14-21(22)24(31)32)26-23(30)17-6-8-18(25)9-7-17/h6-11,14H,5,12-13H2,1-4H3,(H,26,30)(H,31,32). The molecule has 0 aliphatic heterocycles. The van der Waals surface area contributed by atoms with Crippen molar-refractivity contribution < 1.29 is 14.7 Å². The number of hydrogen-bond acceptors (Lipinski definition) is 4. The summed E-state index contributed by atoms with van der Waals surface area (Å²) in [6, 6.07) is 11.4. The number of hydrogen-bond donors (Lipinski definition) is 2. The first-order valence-electron chi connectivity index (χ1n) is 10.4. The third kappa shape index (κ3) is 5.11. The highest BCUT2D eigenvalue weighted by Crippen LogP contribution is 2.25. The lowest BCUT2D eigenvalue weighted by Crippen LogP contribution is -2.23. The van der Waals surface area contributed by atoms with Crippen molar-refractivity contribution in [3.63, 3.8) is 0 Å². The molecule has 32 heavy (non-hydrogen) atoms. The summed E-state index contributed by atoms with van der Waals surface area (Å²) < 4.78 is 1.98. The Bertz CT molecular complexity index is 1140. The molecule has 0 radical (unpaired) electrons. The van der Waals surface area contributed by atoms with Gasteiger partial charge in [-0.05, 0) is 75.2 Å². The molecule has 2 aromatic carbocycles. The van der Waals surface area contributed by atoms with E-state index in [1.165, 1.54) is 11.6 Å². The molecule has 0 unspecified atom stereocenters. The van der Waals surface area contributed by atoms with Crippen LogP contribution < -0.4 is 10.2 Å². The minimum absolute atomic E-state index is 0.124. The highest BCUT2D eigenvalue weighted by Gasteiger charge is 2.17. The second-order valence-electron chi connectivity index (χ2n) is 7.63. The summed E-state index contributed by atoms with van der Waals surface area (Å²) in [5.41, 5.74) is 4.87. The number of halogens is 1. The van der Waals surface area contributed by atoms with Gasteiger partial charge in [0.25, 0.3) is 5.91 Å². The zero-order valence-corrected chi connectivity index (χ0v) is 19.4. The van der Waals surface area contributed by atoms with Crippen LogP contribution in [-0.4, -0.2) is 40.4 Å². The van der Waals surface area contributed by atoms with Gasteiger partial charge in [0.05, 0.1) is 16.9 Å². The predicted molar refractivity (Wildman–Crippen MR) is 127 cm³/mol. The molecular formula is C24H27ClN4O3. The van der Waals surface area contributed by atoms with E-state index in [1.54, 1.807) is 36.4 Å². The Morgan fingerprint density at radius 2 is 1.84 bits per heavy atom. The molecule has 0 aliphatic carbocycles. The zero-order chi connectivity index (χ0) is 23.4. The predicted octanol–water partition coefficient (Wildman–Crippen LogP) is 4.80. The number of likely N-dealkylation sites (N-methyl/N-ethyl adjacent to an activating group) is 1. The summed E-state index contributed by atoms with van der Waals surface area (Å²) in [7, 11) is 1.86. The average molecular weight is 455 g/mol. The van der Waals surface area contributed by atoms with Crippen molar-refractivity contribution in [3.8, 4) is 0 Å². The largest absolute Gasteiger partial charge is 0.478 e. The number of aryl methyl sites for hydroxylation is 2. The van der Waals surface area contributed by atoms with Crippen LogP contribution in [0.15, 0.2) is 42.5 Å². The van der Waals surface area contributed by atoms with E-state index >= 15 is 0 Å². The maximum Gasteiger partial charge on any atom is 0.337 e. The van der Waals surface area contributed by atoms with Crippen molar-refractivity contribution in [3.05, 3.63) is 75.6 Å². The number of carboxylic acid groups (broad SMARTS) is 1. The van der Waals surface area contributed by atoms with E-state index in [9.17, 15) is 14.7 Å². The molecule has 2 N–H and O–H groups in total. The van der Waals surface area contributed by atoms with Crippen molar-refractivity contribution in [1.82, 2.24) is 9.78 Å². The van der Waals surface area contributed by atoms with Crippen LogP contribution >= 0.6 is 11.6 Å². The van der Waals surface area contributed by atoms with Crippen molar-refractivity contribution in [2.75, 3.05) is 23.8 Å². The smallest absolute Gasteiger partial charge is 0.337 e. The molecule has 0 bridgehead atoms. The number of benzene rings is 2. The Morgan fingerprint density at radius 3 is 2.44 bits per heavy atom. The van der Waals surface area contributed by atoms with Gasteiger partial charge in [0.2, 0.25) is 0 Å². The molecule has 0 fully saturated rings. The highest BCUT2D eigenvalue weighted by atomic mass is 35.5. The molecule has 1 aromatic heterocycles. The van der Waals surface area contributed by atoms with Crippen molar-refractivity contribution in [2.45, 2.75) is 33.7 Å². The number of aromatic nitrogens is 2. The number of rotatable bonds is 8. The van der Waals surface area contributed by atoms with Gasteiger partial charge >= 0.3 is 5.97 Å². The summed E-state index contributed by atoms with van der Waals surface area (Å²) >= 11 is 5.86. The zero-order valence-electron chi connectivity index (χ0n) is 18.6. The molecule has 1 amide bonds. The summed E-state index contributed by atoms with van der Waals surface area (Å²) in [5, 5.41) is 17.6. The molecule has 0 saturated heterocycles. The van der Waals surface area contributed by atoms with E-state index in [2.05, 4.69) is 24.3 Å². The Kier molecular flexibility index (Phi) is 7.20. The molecule has 0 atom stereocenters. The van der Waals surface area contributed by atoms with Gasteiger partial charge in [-0.2, -0.15) is 5.10 Å². The van der Waals surface area contributed by atoms with E-state index in [4.69, 9.17) is 11.6 Å². The molecule has 8 heteroatoms. The van der Waals surface area contributed by atoms with Gasteiger partial charge in [-0.25, -0.2) is 4.79 Å². The van der Waals surface area contributed by atoms with Crippen molar-refractivity contribution in [2.24, 2.45) is 0 Å². The monoisotopic (exact) mass is 454 g/mol. The SMILES string of the molecule is CCn1nc(C)c(CCN(C)c2ccc(NC(=O)c3ccc(Cl)cc3)cc2C(=O)O)c1C. The lowest BCUT2D eigenvalue weighted by Gasteiger charge is -2.22. The second kappa shape index (κ2) is 9.87. The first-order valence-corrected chi connectivity index (χ1v) is 10.8. The number of anilines is 2. The van der Waals surface area contributed by atoms with E-state index in [0.717, 1.165) is 24.4 Å². The third-order valence-electron chi connectivity index (χ3n) is 5.53. The Labute approximate surface area is 192 Å². The van der Waals surface area contributed by atoms with E-state index in [-0.39, 0.29) is 11.5 Å². The highest BCUT2D eigenvalue weighted by molar-refractivity contribution is 6.30. The number of carboxylic acids is 1. The minimum Gasteiger partial charge on any atom is -0.478 e. The quantitative estimate of drug-likeness (QED) is 0.510. The number of amides is 1. The van der Waals surface area contributed by atoms with Crippen LogP contribution in [0.3, 0.4) is 0 Å². The Morgan fingerprint density at radius 1 is 1.16 bits per heavy atom. The van der Waals surface area contributed by atoms with Crippen LogP contribution in [0.2, 0.25) is 5.02 Å². The molecule has 168 valence electrons. The number of carbonyl (C=O) groups excluding carboxylic acids is 1. The molecular weight excluding hydrogens is 428 g/mol. The van der Waals surface area contributed by atoms with Gasteiger partial charge in [-0.3, -0.25) is 9.48 Å². The second-order valence-corrected chi connectivity index (χ2v) is 8.07. The van der Waals surface area contributed by atoms with E-state index in [0.29, 0.717) is 28.5 Å². The van der Waals surface area contributed by atoms with Crippen LogP contribution in [0.25, 0.3) is 0 Å². The lowest BCUT2D eigenvalue weighted by molar-refractivity contribution is 0.0697. The molecule has 3 aromatic rings. The molecule has 0 saturated carbocycles. The van der Waals surface area contributed by atoms with Crippen LogP contribution in [0.1, 0.15) is 44.6 Å². The topological polar surface area (TPSA) is 87.5 Å². The Hall–Kier alpha value is -3.32. The van der Waals surface area contributed by atoms with E-state index in [1.807, 2.05) is 23.6 Å². The number of aromatic carboxylic acids is 1. The average Bonchev–Trinajstić information content (AvgIpc) is 3.04. The van der Waals surface area contributed by atoms with Crippen LogP contribution in [0.5, 0.6) is 0 Å². The molecule has 3 rings (SSSR count). The maximum atomic E-state index is 12.5. The van der Waals surface area contributed by atoms with Gasteiger partial charge in [-0.1, -0.05) is 11.6 Å². The fraction of sp³-hybridized carbons (Fsp3) is 0.292. The summed E-state index contributed by atoms with van der Waals surface area (Å²) in [6.07, 6.45) is 0.752. The normalized spacial score (nSPS) is 10.8. The first-order chi connectivity index (χ1) is 15.2. The molecule has 1 heterocycles. The first kappa shape index (κ1) is 23.3. The van der Waals surface area contributed by atoms with Crippen molar-refractivity contribution >= 4 is 34.9 Å². The van der Waals surface area contributed by atoms with Gasteiger partial charge < -0.3 is 15.3 Å². The molecule has 0 aliphatic rings. The minimum atomic E-state index is -1.05. The maximum absolute atomic E-state index is 12.5. The van der Waals surface area contributed by atoms with Gasteiger partial charge in [0, 0.05) is 42.1 Å². The Balaban J connectivity index is 1.76. The van der Waals surface area contributed by atoms with E-state index < -0.39 is 5.97 Å². The number of nitrogens with one attached hydrogen (secondary N) is 1. The van der Waals surface area contributed by atoms with Crippen LogP contribution in [-0.2, 0) is 13.0 Å². The fourth-order valence-corrected chi connectivity index (χ4v) is 3.85. The molecule has 0 spiro atoms. The summed E-state index contributed by atoms with van der Waals surface area (Å²) in [4.78, 5) is 26.3. The number of carbonyl (C=O) groups is 2. The number of nitrogens with zero attached hydrogens (tertiary/aromatic N) is 3. The summed E-state index contributed by atoms with van der Waals surface area (Å²) in [6.45, 7) is 7.56. The lowest BCUT2D eigenvalue weighted by atomic mass is 10.1. The van der Waals surface area contributed by atoms with Crippen LogP contribution in [0, 0.1) is 13.8 Å². The van der Waals surface area contributed by atoms with Crippen LogP contribution in [0.4, 0.5) is 11.4 Å². The fourth-order valence-electron chi connectivity index (χ4n) is 3.73. The molecule has 7 nitrogen and oxygen atoms in total. The third-order valence-corrected chi connectivity index (χ3v) is 5.78. The van der Waals surface area contributed by atoms with Crippen molar-refractivity contribution in [1.29, 1.82) is 0 Å². The van der Waals surface area contributed by atoms with Gasteiger partial charge in [0.15, 0.2) is 0 Å². The van der Waals surface area contributed by atoms with Gasteiger partial charge in [-0.15, -0.1) is 0 Å².